The van der Waals surface area contributed by atoms with Gasteiger partial charge in [-0.25, -0.2) is 0 Å². The van der Waals surface area contributed by atoms with Crippen molar-refractivity contribution < 1.29 is 14.3 Å². The monoisotopic (exact) mass is 267 g/mol. The Hall–Kier alpha value is 0.0900. The molecule has 0 aromatic heterocycles. The molecule has 16 heavy (non-hydrogen) atoms. The fourth-order valence-electron chi connectivity index (χ4n) is 0.881. The van der Waals surface area contributed by atoms with E-state index in [1.165, 1.54) is 0 Å². The molecule has 0 fully saturated rings. The Bertz CT molecular complexity index is 170. The van der Waals surface area contributed by atoms with E-state index in [1.807, 2.05) is 14.0 Å². The maximum atomic E-state index is 11.0. The van der Waals surface area contributed by atoms with Crippen LogP contribution in [0.25, 0.3) is 0 Å². The Labute approximate surface area is 106 Å². The molecule has 0 aliphatic carbocycles. The molecule has 0 saturated heterocycles. The average molecular weight is 267 g/mol. The number of carbonyl (C=O) groups is 1. The summed E-state index contributed by atoms with van der Waals surface area (Å²) in [7, 11) is 5.43. The SMILES string of the molecule is CCOC(=O)CCCOCSSCCNC. The lowest BCUT2D eigenvalue weighted by Gasteiger charge is -2.04. The number of hydrogen-bond donors (Lipinski definition) is 1. The van der Waals surface area contributed by atoms with Gasteiger partial charge in [-0.2, -0.15) is 0 Å². The summed E-state index contributed by atoms with van der Waals surface area (Å²) in [5, 5.41) is 3.08. The lowest BCUT2D eigenvalue weighted by atomic mass is 10.3. The molecule has 0 bridgehead atoms. The topological polar surface area (TPSA) is 47.6 Å². The third-order valence-corrected chi connectivity index (χ3v) is 3.71. The molecule has 0 heterocycles. The molecule has 0 aromatic rings. The summed E-state index contributed by atoms with van der Waals surface area (Å²) in [5.74, 6) is 1.62. The van der Waals surface area contributed by atoms with Crippen LogP contribution in [0.15, 0.2) is 0 Å². The molecule has 4 nitrogen and oxygen atoms in total. The van der Waals surface area contributed by atoms with Crippen molar-refractivity contribution in [2.75, 3.05) is 38.5 Å². The largest absolute Gasteiger partial charge is 0.466 e. The fraction of sp³-hybridized carbons (Fsp3) is 0.900. The quantitative estimate of drug-likeness (QED) is 0.267. The van der Waals surface area contributed by atoms with Crippen LogP contribution in [0.3, 0.4) is 0 Å². The minimum absolute atomic E-state index is 0.137. The lowest BCUT2D eigenvalue weighted by Crippen LogP contribution is -2.09. The van der Waals surface area contributed by atoms with E-state index >= 15 is 0 Å². The van der Waals surface area contributed by atoms with Crippen molar-refractivity contribution in [3.8, 4) is 0 Å². The van der Waals surface area contributed by atoms with Gasteiger partial charge in [0.2, 0.25) is 0 Å². The first kappa shape index (κ1) is 16.1. The van der Waals surface area contributed by atoms with E-state index in [-0.39, 0.29) is 5.97 Å². The molecule has 6 heteroatoms. The molecule has 0 rings (SSSR count). The van der Waals surface area contributed by atoms with Gasteiger partial charge in [-0.05, 0) is 20.4 Å². The standard InChI is InChI=1S/C10H21NO3S2/c1-3-14-10(12)5-4-7-13-9-16-15-8-6-11-2/h11H,3-9H2,1-2H3. The number of carbonyl (C=O) groups excluding carboxylic acids is 1. The van der Waals surface area contributed by atoms with Gasteiger partial charge in [-0.3, -0.25) is 4.79 Å². The van der Waals surface area contributed by atoms with E-state index in [4.69, 9.17) is 9.47 Å². The van der Waals surface area contributed by atoms with Crippen molar-refractivity contribution in [3.63, 3.8) is 0 Å². The predicted molar refractivity (Wildman–Crippen MR) is 70.7 cm³/mol. The van der Waals surface area contributed by atoms with Crippen molar-refractivity contribution in [1.29, 1.82) is 0 Å². The first-order valence-electron chi connectivity index (χ1n) is 5.43. The normalized spacial score (nSPS) is 10.4. The van der Waals surface area contributed by atoms with Crippen LogP contribution in [0, 0.1) is 0 Å². The minimum atomic E-state index is -0.137. The van der Waals surface area contributed by atoms with Crippen molar-refractivity contribution in [3.05, 3.63) is 0 Å². The van der Waals surface area contributed by atoms with E-state index in [0.717, 1.165) is 18.7 Å². The van der Waals surface area contributed by atoms with Crippen LogP contribution in [0.4, 0.5) is 0 Å². The van der Waals surface area contributed by atoms with Crippen molar-refractivity contribution in [2.45, 2.75) is 19.8 Å². The van der Waals surface area contributed by atoms with Gasteiger partial charge in [-0.1, -0.05) is 21.6 Å². The maximum absolute atomic E-state index is 11.0. The zero-order valence-electron chi connectivity index (χ0n) is 9.99. The molecule has 0 saturated carbocycles. The lowest BCUT2D eigenvalue weighted by molar-refractivity contribution is -0.143. The Balaban J connectivity index is 3.01. The van der Waals surface area contributed by atoms with Crippen LogP contribution in [-0.4, -0.2) is 44.5 Å². The van der Waals surface area contributed by atoms with Gasteiger partial charge in [0.15, 0.2) is 0 Å². The molecule has 1 N–H and O–H groups in total. The molecule has 96 valence electrons. The van der Waals surface area contributed by atoms with Gasteiger partial charge < -0.3 is 14.8 Å². The molecular weight excluding hydrogens is 246 g/mol. The number of ether oxygens (including phenoxy) is 2. The second-order valence-electron chi connectivity index (χ2n) is 2.98. The Morgan fingerprint density at radius 1 is 1.38 bits per heavy atom. The highest BCUT2D eigenvalue weighted by Gasteiger charge is 2.00. The van der Waals surface area contributed by atoms with Crippen LogP contribution >= 0.6 is 21.6 Å². The summed E-state index contributed by atoms with van der Waals surface area (Å²) < 4.78 is 10.2. The number of rotatable bonds is 11. The van der Waals surface area contributed by atoms with E-state index in [1.54, 1.807) is 21.6 Å². The van der Waals surface area contributed by atoms with Crippen LogP contribution in [-0.2, 0) is 14.3 Å². The predicted octanol–water partition coefficient (Wildman–Crippen LogP) is 1.90. The minimum Gasteiger partial charge on any atom is -0.466 e. The summed E-state index contributed by atoms with van der Waals surface area (Å²) in [6, 6.07) is 0. The van der Waals surface area contributed by atoms with Crippen molar-refractivity contribution >= 4 is 27.6 Å². The number of nitrogens with one attached hydrogen (secondary N) is 1. The average Bonchev–Trinajstić information content (AvgIpc) is 2.27. The second-order valence-corrected chi connectivity index (χ2v) is 5.51. The molecule has 0 radical (unpaired) electrons. The van der Waals surface area contributed by atoms with Crippen LogP contribution in [0.2, 0.25) is 0 Å². The zero-order valence-corrected chi connectivity index (χ0v) is 11.6. The van der Waals surface area contributed by atoms with Crippen LogP contribution in [0.1, 0.15) is 19.8 Å². The zero-order chi connectivity index (χ0) is 12.1. The summed E-state index contributed by atoms with van der Waals surface area (Å²) in [5.41, 5.74) is 0. The van der Waals surface area contributed by atoms with E-state index < -0.39 is 0 Å². The van der Waals surface area contributed by atoms with Gasteiger partial charge >= 0.3 is 5.97 Å². The summed E-state index contributed by atoms with van der Waals surface area (Å²) >= 11 is 0. The summed E-state index contributed by atoms with van der Waals surface area (Å²) in [4.78, 5) is 11.0. The molecule has 0 aliphatic heterocycles. The van der Waals surface area contributed by atoms with Crippen molar-refractivity contribution in [1.82, 2.24) is 5.32 Å². The first-order valence-corrected chi connectivity index (χ1v) is 7.92. The third kappa shape index (κ3) is 12.2. The summed E-state index contributed by atoms with van der Waals surface area (Å²) in [6.45, 7) is 3.91. The molecular formula is C10H21NO3S2. The Morgan fingerprint density at radius 3 is 2.88 bits per heavy atom. The molecule has 0 spiro atoms. The highest BCUT2D eigenvalue weighted by molar-refractivity contribution is 8.76. The Morgan fingerprint density at radius 2 is 2.19 bits per heavy atom. The molecule has 0 aromatic carbocycles. The van der Waals surface area contributed by atoms with Crippen LogP contribution in [0.5, 0.6) is 0 Å². The molecule has 0 atom stereocenters. The molecule has 0 amide bonds. The maximum Gasteiger partial charge on any atom is 0.305 e. The van der Waals surface area contributed by atoms with Gasteiger partial charge in [0.05, 0.1) is 6.61 Å². The van der Waals surface area contributed by atoms with Gasteiger partial charge in [0, 0.05) is 25.3 Å². The van der Waals surface area contributed by atoms with Gasteiger partial charge in [0.1, 0.15) is 5.94 Å². The molecule has 0 unspecified atom stereocenters. The number of esters is 1. The van der Waals surface area contributed by atoms with Gasteiger partial charge in [0.25, 0.3) is 0 Å². The van der Waals surface area contributed by atoms with E-state index in [0.29, 0.717) is 25.6 Å². The van der Waals surface area contributed by atoms with Crippen molar-refractivity contribution in [2.24, 2.45) is 0 Å². The highest BCUT2D eigenvalue weighted by Crippen LogP contribution is 2.20. The van der Waals surface area contributed by atoms with Crippen LogP contribution < -0.4 is 5.32 Å². The smallest absolute Gasteiger partial charge is 0.305 e. The third-order valence-electron chi connectivity index (χ3n) is 1.63. The summed E-state index contributed by atoms with van der Waals surface area (Å²) in [6.07, 6.45) is 1.19. The number of hydrogen-bond acceptors (Lipinski definition) is 6. The van der Waals surface area contributed by atoms with Gasteiger partial charge in [-0.15, -0.1) is 0 Å². The van der Waals surface area contributed by atoms with E-state index in [2.05, 4.69) is 5.32 Å². The first-order chi connectivity index (χ1) is 7.81. The Kier molecular flexibility index (Phi) is 13.2. The highest BCUT2D eigenvalue weighted by atomic mass is 33.1. The fourth-order valence-corrected chi connectivity index (χ4v) is 2.55. The van der Waals surface area contributed by atoms with E-state index in [9.17, 15) is 4.79 Å². The molecule has 0 aliphatic rings. The second kappa shape index (κ2) is 13.2.